The standard InChI is InChI=1S/C8H8NO3/c10-8(11)4-6-12-7-3-1-2-5-9-7/h1-2,5H,4,6H2,(H,10,11). The van der Waals surface area contributed by atoms with Gasteiger partial charge in [-0.05, 0) is 12.1 Å². The van der Waals surface area contributed by atoms with Crippen molar-refractivity contribution in [3.63, 3.8) is 0 Å². The monoisotopic (exact) mass is 166 g/mol. The number of hydrogen-bond donors (Lipinski definition) is 1. The first-order valence-corrected chi connectivity index (χ1v) is 3.46. The molecule has 0 amide bonds. The van der Waals surface area contributed by atoms with Crippen molar-refractivity contribution >= 4 is 5.97 Å². The smallest absolute Gasteiger partial charge is 0.306 e. The highest BCUT2D eigenvalue weighted by Gasteiger charge is 1.97. The predicted octanol–water partition coefficient (Wildman–Crippen LogP) is 0.735. The molecule has 1 aromatic heterocycles. The lowest BCUT2D eigenvalue weighted by atomic mass is 10.4. The van der Waals surface area contributed by atoms with Crippen LogP contribution in [0.25, 0.3) is 0 Å². The van der Waals surface area contributed by atoms with Gasteiger partial charge in [-0.25, -0.2) is 4.98 Å². The summed E-state index contributed by atoms with van der Waals surface area (Å²) in [5.41, 5.74) is 0. The van der Waals surface area contributed by atoms with E-state index in [1.54, 1.807) is 18.3 Å². The minimum absolute atomic E-state index is 0.0234. The van der Waals surface area contributed by atoms with Crippen molar-refractivity contribution in [1.82, 2.24) is 4.98 Å². The van der Waals surface area contributed by atoms with E-state index in [1.165, 1.54) is 0 Å². The number of pyridine rings is 1. The van der Waals surface area contributed by atoms with Crippen molar-refractivity contribution in [3.8, 4) is 5.88 Å². The summed E-state index contributed by atoms with van der Waals surface area (Å²) in [5.74, 6) is -0.551. The van der Waals surface area contributed by atoms with Gasteiger partial charge >= 0.3 is 5.97 Å². The summed E-state index contributed by atoms with van der Waals surface area (Å²) >= 11 is 0. The predicted molar refractivity (Wildman–Crippen MR) is 40.8 cm³/mol. The zero-order valence-corrected chi connectivity index (χ0v) is 6.36. The number of aliphatic carboxylic acids is 1. The van der Waals surface area contributed by atoms with Gasteiger partial charge in [0.15, 0.2) is 0 Å². The van der Waals surface area contributed by atoms with Crippen molar-refractivity contribution in [3.05, 3.63) is 24.4 Å². The molecule has 0 spiro atoms. The van der Waals surface area contributed by atoms with Crippen LogP contribution < -0.4 is 4.74 Å². The number of carboxylic acid groups (broad SMARTS) is 1. The molecule has 0 fully saturated rings. The Balaban J connectivity index is 2.29. The molecule has 1 rings (SSSR count). The molecule has 0 saturated carbocycles. The lowest BCUT2D eigenvalue weighted by Gasteiger charge is -2.00. The fraction of sp³-hybridized carbons (Fsp3) is 0.250. The molecule has 0 aliphatic heterocycles. The van der Waals surface area contributed by atoms with Crippen molar-refractivity contribution in [2.45, 2.75) is 6.42 Å². The maximum absolute atomic E-state index is 10.1. The molecule has 0 aliphatic carbocycles. The fourth-order valence-electron chi connectivity index (χ4n) is 0.624. The minimum Gasteiger partial charge on any atom is -0.481 e. The highest BCUT2D eigenvalue weighted by Crippen LogP contribution is 2.01. The third-order valence-electron chi connectivity index (χ3n) is 1.14. The van der Waals surface area contributed by atoms with Crippen LogP contribution in [0.3, 0.4) is 0 Å². The van der Waals surface area contributed by atoms with Gasteiger partial charge in [0.05, 0.1) is 6.42 Å². The van der Waals surface area contributed by atoms with E-state index in [4.69, 9.17) is 9.84 Å². The summed E-state index contributed by atoms with van der Waals surface area (Å²) < 4.78 is 4.97. The number of carbonyl (C=O) groups is 1. The quantitative estimate of drug-likeness (QED) is 0.716. The Labute approximate surface area is 69.8 Å². The first-order chi connectivity index (χ1) is 5.79. The van der Waals surface area contributed by atoms with Gasteiger partial charge in [0.2, 0.25) is 5.88 Å². The molecule has 0 unspecified atom stereocenters. The number of rotatable bonds is 4. The van der Waals surface area contributed by atoms with Crippen molar-refractivity contribution in [2.24, 2.45) is 0 Å². The van der Waals surface area contributed by atoms with E-state index in [0.29, 0.717) is 5.88 Å². The lowest BCUT2D eigenvalue weighted by molar-refractivity contribution is -0.137. The summed E-state index contributed by atoms with van der Waals surface area (Å²) in [4.78, 5) is 13.9. The van der Waals surface area contributed by atoms with Gasteiger partial charge in [0, 0.05) is 12.3 Å². The van der Waals surface area contributed by atoms with E-state index in [-0.39, 0.29) is 13.0 Å². The molecular weight excluding hydrogens is 158 g/mol. The summed E-state index contributed by atoms with van der Waals surface area (Å²) in [6.07, 6.45) is 1.54. The Kier molecular flexibility index (Phi) is 3.07. The van der Waals surface area contributed by atoms with Crippen LogP contribution in [0.1, 0.15) is 6.42 Å². The molecule has 0 bridgehead atoms. The highest BCUT2D eigenvalue weighted by atomic mass is 16.5. The molecule has 0 saturated heterocycles. The van der Waals surface area contributed by atoms with Gasteiger partial charge in [-0.3, -0.25) is 4.79 Å². The van der Waals surface area contributed by atoms with E-state index in [2.05, 4.69) is 11.1 Å². The summed E-state index contributed by atoms with van der Waals surface area (Å²) in [5, 5.41) is 8.28. The second-order valence-electron chi connectivity index (χ2n) is 2.08. The third kappa shape index (κ3) is 3.01. The van der Waals surface area contributed by atoms with Crippen LogP contribution in [0.2, 0.25) is 0 Å². The van der Waals surface area contributed by atoms with E-state index >= 15 is 0 Å². The first-order valence-electron chi connectivity index (χ1n) is 3.46. The Morgan fingerprint density at radius 2 is 2.58 bits per heavy atom. The number of carboxylic acids is 1. The Morgan fingerprint density at radius 3 is 3.17 bits per heavy atom. The van der Waals surface area contributed by atoms with Gasteiger partial charge in [-0.1, -0.05) is 0 Å². The van der Waals surface area contributed by atoms with Gasteiger partial charge < -0.3 is 9.84 Å². The zero-order chi connectivity index (χ0) is 8.81. The number of aromatic nitrogens is 1. The van der Waals surface area contributed by atoms with Crippen LogP contribution in [-0.2, 0) is 4.79 Å². The number of nitrogens with zero attached hydrogens (tertiary/aromatic N) is 1. The lowest BCUT2D eigenvalue weighted by Crippen LogP contribution is -2.05. The minimum atomic E-state index is -0.883. The van der Waals surface area contributed by atoms with E-state index in [9.17, 15) is 4.79 Å². The summed E-state index contributed by atoms with van der Waals surface area (Å²) in [6, 6.07) is 6.08. The average molecular weight is 166 g/mol. The van der Waals surface area contributed by atoms with Gasteiger partial charge in [0.25, 0.3) is 0 Å². The second kappa shape index (κ2) is 4.33. The average Bonchev–Trinajstić information content (AvgIpc) is 2.05. The van der Waals surface area contributed by atoms with E-state index < -0.39 is 5.97 Å². The molecule has 1 N–H and O–H groups in total. The van der Waals surface area contributed by atoms with Crippen molar-refractivity contribution < 1.29 is 14.6 Å². The van der Waals surface area contributed by atoms with E-state index in [1.807, 2.05) is 0 Å². The van der Waals surface area contributed by atoms with Crippen LogP contribution in [0, 0.1) is 6.07 Å². The molecule has 0 atom stereocenters. The molecule has 4 heteroatoms. The third-order valence-corrected chi connectivity index (χ3v) is 1.14. The van der Waals surface area contributed by atoms with Crippen LogP contribution in [-0.4, -0.2) is 22.7 Å². The SMILES string of the molecule is O=C(O)CCOc1[c]cccn1. The normalized spacial score (nSPS) is 9.33. The maximum Gasteiger partial charge on any atom is 0.306 e. The van der Waals surface area contributed by atoms with Crippen LogP contribution in [0.5, 0.6) is 5.88 Å². The van der Waals surface area contributed by atoms with E-state index in [0.717, 1.165) is 0 Å². The van der Waals surface area contributed by atoms with Crippen molar-refractivity contribution in [2.75, 3.05) is 6.61 Å². The number of hydrogen-bond acceptors (Lipinski definition) is 3. The van der Waals surface area contributed by atoms with Crippen LogP contribution in [0.4, 0.5) is 0 Å². The number of ether oxygens (including phenoxy) is 1. The Hall–Kier alpha value is -1.58. The van der Waals surface area contributed by atoms with Crippen LogP contribution >= 0.6 is 0 Å². The summed E-state index contributed by atoms with van der Waals surface area (Å²) in [7, 11) is 0. The first kappa shape index (κ1) is 8.52. The molecule has 4 nitrogen and oxygen atoms in total. The molecular formula is C8H8NO3. The Morgan fingerprint density at radius 1 is 1.75 bits per heavy atom. The molecule has 0 aromatic carbocycles. The van der Waals surface area contributed by atoms with Crippen LogP contribution in [0.15, 0.2) is 18.3 Å². The molecule has 1 radical (unpaired) electrons. The zero-order valence-electron chi connectivity index (χ0n) is 6.36. The van der Waals surface area contributed by atoms with Gasteiger partial charge in [-0.15, -0.1) is 0 Å². The fourth-order valence-corrected chi connectivity index (χ4v) is 0.624. The van der Waals surface area contributed by atoms with Gasteiger partial charge in [0.1, 0.15) is 6.61 Å². The molecule has 0 aliphatic rings. The molecule has 63 valence electrons. The molecule has 12 heavy (non-hydrogen) atoms. The van der Waals surface area contributed by atoms with Crippen molar-refractivity contribution in [1.29, 1.82) is 0 Å². The topological polar surface area (TPSA) is 59.4 Å². The van der Waals surface area contributed by atoms with Gasteiger partial charge in [-0.2, -0.15) is 0 Å². The largest absolute Gasteiger partial charge is 0.481 e. The molecule has 1 heterocycles. The summed E-state index contributed by atoms with van der Waals surface area (Å²) in [6.45, 7) is 0.128. The highest BCUT2D eigenvalue weighted by molar-refractivity contribution is 5.66. The Bertz CT molecular complexity index is 248. The maximum atomic E-state index is 10.1. The second-order valence-corrected chi connectivity index (χ2v) is 2.08. The molecule has 1 aromatic rings.